The third kappa shape index (κ3) is 7.85. The minimum Gasteiger partial charge on any atom is -0.418 e. The minimum absolute atomic E-state index is 0.280. The maximum Gasteiger partial charge on any atom is 0.673 e. The van der Waals surface area contributed by atoms with Crippen LogP contribution in [0.25, 0.3) is 0 Å². The Morgan fingerprint density at radius 3 is 1.30 bits per heavy atom. The van der Waals surface area contributed by atoms with Gasteiger partial charge in [0.15, 0.2) is 0 Å². The van der Waals surface area contributed by atoms with Gasteiger partial charge in [0, 0.05) is 0 Å². The SMILES string of the molecule is C[CH]P(C1CCCCC1)C1CCCCC1.F[B-](F)(F)F. The second-order valence-electron chi connectivity index (χ2n) is 5.78. The number of hydrogen-bond donors (Lipinski definition) is 0. The highest BCUT2D eigenvalue weighted by Crippen LogP contribution is 2.57. The maximum absolute atomic E-state index is 9.75. The Balaban J connectivity index is 0.000000347. The zero-order valence-corrected chi connectivity index (χ0v) is 13.2. The van der Waals surface area contributed by atoms with E-state index in [9.17, 15) is 17.3 Å². The third-order valence-electron chi connectivity index (χ3n) is 4.29. The molecule has 0 saturated heterocycles. The lowest BCUT2D eigenvalue weighted by molar-refractivity contribution is 0.368. The van der Waals surface area contributed by atoms with Crippen LogP contribution in [0.1, 0.15) is 71.1 Å². The van der Waals surface area contributed by atoms with Gasteiger partial charge in [0.1, 0.15) is 0 Å². The Morgan fingerprint density at radius 1 is 0.750 bits per heavy atom. The first-order valence-corrected chi connectivity index (χ1v) is 9.41. The monoisotopic (exact) mass is 312 g/mol. The van der Waals surface area contributed by atoms with Gasteiger partial charge < -0.3 is 17.3 Å². The average molecular weight is 312 g/mol. The molecule has 2 saturated carbocycles. The maximum atomic E-state index is 9.75. The minimum atomic E-state index is -6.00. The summed E-state index contributed by atoms with van der Waals surface area (Å²) < 4.78 is 39.0. The molecule has 20 heavy (non-hydrogen) atoms. The van der Waals surface area contributed by atoms with Crippen LogP contribution in [0.5, 0.6) is 0 Å². The topological polar surface area (TPSA) is 0 Å². The van der Waals surface area contributed by atoms with Crippen molar-refractivity contribution >= 4 is 15.2 Å². The van der Waals surface area contributed by atoms with Crippen LogP contribution in [0.4, 0.5) is 17.3 Å². The standard InChI is InChI=1S/C14H26P.BF4/c1-2-15(13-9-5-3-6-10-13)14-11-7-4-8-12-14;2-1(3,4)5/h2,13-14H,3-12H2,1H3;/q;-1. The van der Waals surface area contributed by atoms with E-state index in [0.717, 1.165) is 11.3 Å². The van der Waals surface area contributed by atoms with E-state index in [-0.39, 0.29) is 7.92 Å². The van der Waals surface area contributed by atoms with Crippen molar-refractivity contribution in [2.75, 3.05) is 0 Å². The lowest BCUT2D eigenvalue weighted by Crippen LogP contribution is -2.20. The molecule has 2 aliphatic rings. The van der Waals surface area contributed by atoms with Crippen molar-refractivity contribution in [2.24, 2.45) is 0 Å². The average Bonchev–Trinajstić information content (AvgIpc) is 2.40. The molecule has 0 aromatic heterocycles. The molecule has 0 N–H and O–H groups in total. The highest BCUT2D eigenvalue weighted by molar-refractivity contribution is 7.61. The largest absolute Gasteiger partial charge is 0.673 e. The number of halogens is 4. The molecule has 2 rings (SSSR count). The van der Waals surface area contributed by atoms with E-state index in [1.54, 1.807) is 25.7 Å². The van der Waals surface area contributed by atoms with Gasteiger partial charge in [0.25, 0.3) is 0 Å². The number of hydrogen-bond acceptors (Lipinski definition) is 0. The van der Waals surface area contributed by atoms with Crippen molar-refractivity contribution in [2.45, 2.75) is 82.4 Å². The Labute approximate surface area is 121 Å². The molecule has 0 amide bonds. The summed E-state index contributed by atoms with van der Waals surface area (Å²) in [5, 5.41) is 0. The predicted octanol–water partition coefficient (Wildman–Crippen LogP) is 6.62. The first-order chi connectivity index (χ1) is 9.42. The van der Waals surface area contributed by atoms with Gasteiger partial charge in [-0.25, -0.2) is 0 Å². The molecule has 1 radical (unpaired) electrons. The summed E-state index contributed by atoms with van der Waals surface area (Å²) in [4.78, 5) is 0. The van der Waals surface area contributed by atoms with Gasteiger partial charge in [-0.1, -0.05) is 53.4 Å². The highest BCUT2D eigenvalue weighted by Gasteiger charge is 2.29. The van der Waals surface area contributed by atoms with Gasteiger partial charge in [-0.3, -0.25) is 0 Å². The van der Waals surface area contributed by atoms with Crippen LogP contribution in [0, 0.1) is 6.16 Å². The molecule has 0 bridgehead atoms. The Bertz CT molecular complexity index is 224. The summed E-state index contributed by atoms with van der Waals surface area (Å²) in [5.74, 6) is 0. The van der Waals surface area contributed by atoms with Crippen LogP contribution >= 0.6 is 7.92 Å². The van der Waals surface area contributed by atoms with Gasteiger partial charge in [-0.15, -0.1) is 0 Å². The van der Waals surface area contributed by atoms with Gasteiger partial charge in [0.05, 0.1) is 0 Å². The van der Waals surface area contributed by atoms with E-state index in [1.807, 2.05) is 0 Å². The van der Waals surface area contributed by atoms with E-state index in [2.05, 4.69) is 13.1 Å². The molecule has 0 aromatic carbocycles. The summed E-state index contributed by atoms with van der Waals surface area (Å²) in [6.07, 6.45) is 17.9. The summed E-state index contributed by atoms with van der Waals surface area (Å²) >= 11 is 0. The molecule has 0 spiro atoms. The molecule has 0 unspecified atom stereocenters. The second-order valence-corrected chi connectivity index (χ2v) is 8.66. The van der Waals surface area contributed by atoms with Crippen molar-refractivity contribution in [1.82, 2.24) is 0 Å². The summed E-state index contributed by atoms with van der Waals surface area (Å²) in [5.41, 5.74) is 2.23. The van der Waals surface area contributed by atoms with Crippen LogP contribution in [-0.2, 0) is 0 Å². The second kappa shape index (κ2) is 9.28. The Morgan fingerprint density at radius 2 is 1.05 bits per heavy atom. The van der Waals surface area contributed by atoms with Crippen LogP contribution in [0.15, 0.2) is 0 Å². The summed E-state index contributed by atoms with van der Waals surface area (Å²) in [6, 6.07) is 0. The van der Waals surface area contributed by atoms with E-state index >= 15 is 0 Å². The summed E-state index contributed by atoms with van der Waals surface area (Å²) in [7, 11) is -5.72. The lowest BCUT2D eigenvalue weighted by Gasteiger charge is -2.37. The van der Waals surface area contributed by atoms with Gasteiger partial charge in [-0.05, 0) is 43.2 Å². The smallest absolute Gasteiger partial charge is 0.418 e. The van der Waals surface area contributed by atoms with E-state index in [4.69, 9.17) is 0 Å². The first-order valence-electron chi connectivity index (χ1n) is 7.86. The van der Waals surface area contributed by atoms with E-state index < -0.39 is 7.25 Å². The van der Waals surface area contributed by atoms with E-state index in [0.29, 0.717) is 0 Å². The van der Waals surface area contributed by atoms with Gasteiger partial charge in [-0.2, -0.15) is 0 Å². The summed E-state index contributed by atoms with van der Waals surface area (Å²) in [6.45, 7) is 2.34. The van der Waals surface area contributed by atoms with Crippen LogP contribution < -0.4 is 0 Å². The van der Waals surface area contributed by atoms with Crippen LogP contribution in [-0.4, -0.2) is 18.6 Å². The molecule has 119 valence electrons. The third-order valence-corrected chi connectivity index (χ3v) is 7.61. The fraction of sp³-hybridized carbons (Fsp3) is 0.929. The molecular weight excluding hydrogens is 286 g/mol. The van der Waals surface area contributed by atoms with Gasteiger partial charge >= 0.3 is 7.25 Å². The molecule has 2 aliphatic carbocycles. The molecule has 0 aliphatic heterocycles. The molecule has 0 nitrogen and oxygen atoms in total. The van der Waals surface area contributed by atoms with Gasteiger partial charge in [0.2, 0.25) is 0 Å². The molecule has 0 heterocycles. The van der Waals surface area contributed by atoms with Crippen molar-refractivity contribution in [3.8, 4) is 0 Å². The quantitative estimate of drug-likeness (QED) is 0.312. The molecule has 0 atom stereocenters. The predicted molar refractivity (Wildman–Crippen MR) is 80.8 cm³/mol. The van der Waals surface area contributed by atoms with Crippen molar-refractivity contribution in [3.63, 3.8) is 0 Å². The molecule has 2 fully saturated rings. The van der Waals surface area contributed by atoms with E-state index in [1.165, 1.54) is 38.5 Å². The van der Waals surface area contributed by atoms with Crippen molar-refractivity contribution in [1.29, 1.82) is 0 Å². The Kier molecular flexibility index (Phi) is 8.47. The first kappa shape index (κ1) is 18.3. The molecular formula is C14H26BF4P-. The van der Waals surface area contributed by atoms with Crippen molar-refractivity contribution < 1.29 is 17.3 Å². The van der Waals surface area contributed by atoms with Crippen molar-refractivity contribution in [3.05, 3.63) is 6.16 Å². The highest BCUT2D eigenvalue weighted by atomic mass is 31.1. The molecule has 6 heteroatoms. The Hall–Kier alpha value is 0.215. The van der Waals surface area contributed by atoms with Crippen LogP contribution in [0.3, 0.4) is 0 Å². The fourth-order valence-corrected chi connectivity index (χ4v) is 6.84. The zero-order chi connectivity index (χ0) is 15.0. The van der Waals surface area contributed by atoms with Crippen LogP contribution in [0.2, 0.25) is 0 Å². The molecule has 0 aromatic rings. The normalized spacial score (nSPS) is 22.5. The zero-order valence-electron chi connectivity index (χ0n) is 12.3. The fourth-order valence-electron chi connectivity index (χ4n) is 3.48. The lowest BCUT2D eigenvalue weighted by atomic mass is 9.99. The number of rotatable bonds is 3.